The normalized spacial score (nSPS) is 12.1. The number of hydrogen-bond acceptors (Lipinski definition) is 1. The molecule has 0 fully saturated rings. The van der Waals surface area contributed by atoms with E-state index < -0.39 is 23.5 Å². The summed E-state index contributed by atoms with van der Waals surface area (Å²) >= 11 is 0. The zero-order valence-electron chi connectivity index (χ0n) is 14.1. The molecular formula is C21H12F6O. The Morgan fingerprint density at radius 1 is 0.571 bits per heavy atom. The van der Waals surface area contributed by atoms with Crippen LogP contribution in [0.2, 0.25) is 0 Å². The van der Waals surface area contributed by atoms with Crippen LogP contribution in [0, 0.1) is 0 Å². The summed E-state index contributed by atoms with van der Waals surface area (Å²) < 4.78 is 78.0. The van der Waals surface area contributed by atoms with Gasteiger partial charge in [0.1, 0.15) is 0 Å². The maximum atomic E-state index is 13.0. The highest BCUT2D eigenvalue weighted by atomic mass is 19.4. The van der Waals surface area contributed by atoms with Gasteiger partial charge in [-0.3, -0.25) is 4.79 Å². The summed E-state index contributed by atoms with van der Waals surface area (Å²) in [6.07, 6.45) is -9.83. The van der Waals surface area contributed by atoms with E-state index in [1.807, 2.05) is 0 Å². The van der Waals surface area contributed by atoms with Gasteiger partial charge in [0.2, 0.25) is 0 Å². The molecule has 0 spiro atoms. The minimum Gasteiger partial charge on any atom is -0.289 e. The average molecular weight is 394 g/mol. The fourth-order valence-corrected chi connectivity index (χ4v) is 2.69. The van der Waals surface area contributed by atoms with Crippen molar-refractivity contribution in [3.63, 3.8) is 0 Å². The van der Waals surface area contributed by atoms with E-state index in [1.165, 1.54) is 24.3 Å². The number of carbonyl (C=O) groups excluding carboxylic acids is 1. The Hall–Kier alpha value is -3.09. The third kappa shape index (κ3) is 4.24. The van der Waals surface area contributed by atoms with E-state index in [-0.39, 0.29) is 28.5 Å². The van der Waals surface area contributed by atoms with Gasteiger partial charge in [-0.15, -0.1) is 0 Å². The van der Waals surface area contributed by atoms with E-state index in [9.17, 15) is 31.1 Å². The van der Waals surface area contributed by atoms with Crippen molar-refractivity contribution in [1.29, 1.82) is 0 Å². The third-order valence-electron chi connectivity index (χ3n) is 4.10. The van der Waals surface area contributed by atoms with Gasteiger partial charge >= 0.3 is 12.4 Å². The maximum Gasteiger partial charge on any atom is 0.416 e. The van der Waals surface area contributed by atoms with Gasteiger partial charge in [-0.25, -0.2) is 0 Å². The van der Waals surface area contributed by atoms with Crippen molar-refractivity contribution in [3.8, 4) is 11.1 Å². The van der Waals surface area contributed by atoms with Crippen LogP contribution in [0.1, 0.15) is 27.0 Å². The van der Waals surface area contributed by atoms with Gasteiger partial charge in [-0.1, -0.05) is 54.6 Å². The molecule has 0 aliphatic heterocycles. The van der Waals surface area contributed by atoms with Gasteiger partial charge < -0.3 is 0 Å². The summed E-state index contributed by atoms with van der Waals surface area (Å²) in [6, 6.07) is 15.1. The van der Waals surface area contributed by atoms with Gasteiger partial charge in [-0.2, -0.15) is 26.3 Å². The lowest BCUT2D eigenvalue weighted by Gasteiger charge is -2.14. The molecule has 0 N–H and O–H groups in total. The van der Waals surface area contributed by atoms with Gasteiger partial charge in [0, 0.05) is 11.1 Å². The number of halogens is 6. The van der Waals surface area contributed by atoms with E-state index in [0.29, 0.717) is 17.7 Å². The lowest BCUT2D eigenvalue weighted by Crippen LogP contribution is -2.11. The molecule has 3 aromatic carbocycles. The van der Waals surface area contributed by atoms with Crippen molar-refractivity contribution < 1.29 is 31.1 Å². The number of benzene rings is 3. The van der Waals surface area contributed by atoms with Crippen LogP contribution in [0.25, 0.3) is 11.1 Å². The van der Waals surface area contributed by atoms with Crippen molar-refractivity contribution in [1.82, 2.24) is 0 Å². The third-order valence-corrected chi connectivity index (χ3v) is 4.10. The fourth-order valence-electron chi connectivity index (χ4n) is 2.69. The molecule has 3 rings (SSSR count). The van der Waals surface area contributed by atoms with E-state index in [1.54, 1.807) is 30.3 Å². The van der Waals surface area contributed by atoms with Crippen LogP contribution < -0.4 is 0 Å². The topological polar surface area (TPSA) is 17.1 Å². The van der Waals surface area contributed by atoms with Crippen molar-refractivity contribution in [2.24, 2.45) is 0 Å². The Labute approximate surface area is 156 Å². The molecule has 0 radical (unpaired) electrons. The average Bonchev–Trinajstić information content (AvgIpc) is 2.66. The molecule has 0 amide bonds. The second-order valence-electron chi connectivity index (χ2n) is 6.07. The zero-order valence-corrected chi connectivity index (χ0v) is 14.1. The Bertz CT molecular complexity index is 954. The molecule has 28 heavy (non-hydrogen) atoms. The first-order chi connectivity index (χ1) is 13.1. The maximum absolute atomic E-state index is 13.0. The van der Waals surface area contributed by atoms with E-state index in [4.69, 9.17) is 0 Å². The van der Waals surface area contributed by atoms with Crippen molar-refractivity contribution in [3.05, 3.63) is 95.1 Å². The van der Waals surface area contributed by atoms with Gasteiger partial charge in [0.15, 0.2) is 5.78 Å². The predicted octanol–water partition coefficient (Wildman–Crippen LogP) is 6.62. The molecular weight excluding hydrogens is 382 g/mol. The lowest BCUT2D eigenvalue weighted by atomic mass is 9.96. The molecule has 0 saturated carbocycles. The van der Waals surface area contributed by atoms with Crippen LogP contribution in [0.3, 0.4) is 0 Å². The minimum atomic E-state index is -4.92. The van der Waals surface area contributed by atoms with Crippen molar-refractivity contribution >= 4 is 5.78 Å². The van der Waals surface area contributed by atoms with Crippen molar-refractivity contribution in [2.45, 2.75) is 12.4 Å². The Kier molecular flexibility index (Phi) is 5.02. The quantitative estimate of drug-likeness (QED) is 0.360. The molecule has 0 atom stereocenters. The molecule has 0 bridgehead atoms. The summed E-state index contributed by atoms with van der Waals surface area (Å²) in [5.41, 5.74) is -2.17. The minimum absolute atomic E-state index is 0.0802. The SMILES string of the molecule is O=C(c1ccccc1)c1ccc(-c2cc(C(F)(F)F)cc(C(F)(F)F)c2)cc1. The van der Waals surface area contributed by atoms with Crippen LogP contribution in [-0.4, -0.2) is 5.78 Å². The van der Waals surface area contributed by atoms with Gasteiger partial charge in [0.25, 0.3) is 0 Å². The summed E-state index contributed by atoms with van der Waals surface area (Å²) in [6.45, 7) is 0. The molecule has 0 saturated heterocycles. The number of alkyl halides is 6. The monoisotopic (exact) mass is 394 g/mol. The molecule has 1 nitrogen and oxygen atoms in total. The number of ketones is 1. The van der Waals surface area contributed by atoms with Crippen LogP contribution in [-0.2, 0) is 12.4 Å². The summed E-state index contributed by atoms with van der Waals surface area (Å²) in [5, 5.41) is 0. The Morgan fingerprint density at radius 3 is 1.50 bits per heavy atom. The molecule has 0 aliphatic carbocycles. The van der Waals surface area contributed by atoms with Crippen LogP contribution in [0.15, 0.2) is 72.8 Å². The second-order valence-corrected chi connectivity index (χ2v) is 6.07. The molecule has 0 aliphatic rings. The number of rotatable bonds is 3. The Balaban J connectivity index is 2.01. The molecule has 144 valence electrons. The van der Waals surface area contributed by atoms with E-state index in [0.717, 1.165) is 0 Å². The van der Waals surface area contributed by atoms with Crippen LogP contribution in [0.4, 0.5) is 26.3 Å². The fraction of sp³-hybridized carbons (Fsp3) is 0.0952. The Morgan fingerprint density at radius 2 is 1.04 bits per heavy atom. The molecule has 7 heteroatoms. The number of carbonyl (C=O) groups is 1. The number of hydrogen-bond donors (Lipinski definition) is 0. The van der Waals surface area contributed by atoms with Crippen LogP contribution >= 0.6 is 0 Å². The lowest BCUT2D eigenvalue weighted by molar-refractivity contribution is -0.143. The standard InChI is InChI=1S/C21H12F6O/c22-20(23,24)17-10-16(11-18(12-17)21(25,26)27)13-6-8-15(9-7-13)19(28)14-4-2-1-3-5-14/h1-12H. The zero-order chi connectivity index (χ0) is 20.5. The predicted molar refractivity (Wildman–Crippen MR) is 91.8 cm³/mol. The summed E-state index contributed by atoms with van der Waals surface area (Å²) in [4.78, 5) is 12.4. The molecule has 0 aromatic heterocycles. The van der Waals surface area contributed by atoms with Crippen LogP contribution in [0.5, 0.6) is 0 Å². The second kappa shape index (κ2) is 7.14. The first-order valence-corrected chi connectivity index (χ1v) is 8.05. The van der Waals surface area contributed by atoms with Gasteiger partial charge in [0.05, 0.1) is 11.1 Å². The first kappa shape index (κ1) is 19.7. The molecule has 0 unspecified atom stereocenters. The highest BCUT2D eigenvalue weighted by Crippen LogP contribution is 2.38. The summed E-state index contributed by atoms with van der Waals surface area (Å²) in [5.74, 6) is -0.299. The highest BCUT2D eigenvalue weighted by Gasteiger charge is 2.37. The molecule has 3 aromatic rings. The summed E-state index contributed by atoms with van der Waals surface area (Å²) in [7, 11) is 0. The van der Waals surface area contributed by atoms with E-state index in [2.05, 4.69) is 0 Å². The molecule has 0 heterocycles. The van der Waals surface area contributed by atoms with Crippen molar-refractivity contribution in [2.75, 3.05) is 0 Å². The smallest absolute Gasteiger partial charge is 0.289 e. The first-order valence-electron chi connectivity index (χ1n) is 8.05. The largest absolute Gasteiger partial charge is 0.416 e. The van der Waals surface area contributed by atoms with E-state index >= 15 is 0 Å². The highest BCUT2D eigenvalue weighted by molar-refractivity contribution is 6.09. The van der Waals surface area contributed by atoms with Gasteiger partial charge in [-0.05, 0) is 29.3 Å².